The number of nitrogens with zero attached hydrogens (tertiary/aromatic N) is 2. The highest BCUT2D eigenvalue weighted by atomic mass is 32.2. The van der Waals surface area contributed by atoms with Crippen LogP contribution in [-0.2, 0) is 17.7 Å². The van der Waals surface area contributed by atoms with E-state index in [4.69, 9.17) is 9.72 Å². The van der Waals surface area contributed by atoms with Gasteiger partial charge in [0.2, 0.25) is 0 Å². The summed E-state index contributed by atoms with van der Waals surface area (Å²) in [4.78, 5) is 21.4. The summed E-state index contributed by atoms with van der Waals surface area (Å²) in [5.74, 6) is 2.70. The number of rotatable bonds is 2. The SMILES string of the molecule is COC(=O)c1nc(C2SCCSC2C)nc2c1CCNC2. The second kappa shape index (κ2) is 6.54. The number of fused-ring (bicyclic) bond motifs is 1. The summed E-state index contributed by atoms with van der Waals surface area (Å²) in [5.41, 5.74) is 2.36. The molecule has 1 fully saturated rings. The first kappa shape index (κ1) is 15.1. The summed E-state index contributed by atoms with van der Waals surface area (Å²) in [7, 11) is 1.41. The number of carbonyl (C=O) groups is 1. The highest BCUT2D eigenvalue weighted by molar-refractivity contribution is 8.06. The van der Waals surface area contributed by atoms with Crippen molar-refractivity contribution in [3.05, 3.63) is 22.8 Å². The third-order valence-corrected chi connectivity index (χ3v) is 6.86. The summed E-state index contributed by atoms with van der Waals surface area (Å²) in [6, 6.07) is 0. The van der Waals surface area contributed by atoms with Crippen molar-refractivity contribution in [3.63, 3.8) is 0 Å². The van der Waals surface area contributed by atoms with Gasteiger partial charge in [0.05, 0.1) is 18.1 Å². The molecule has 2 aliphatic heterocycles. The Morgan fingerprint density at radius 1 is 1.33 bits per heavy atom. The van der Waals surface area contributed by atoms with E-state index in [0.717, 1.165) is 35.8 Å². The Balaban J connectivity index is 2.03. The van der Waals surface area contributed by atoms with E-state index in [1.807, 2.05) is 23.5 Å². The predicted octanol–water partition coefficient (Wildman–Crippen LogP) is 1.82. The van der Waals surface area contributed by atoms with Crippen LogP contribution in [0.2, 0.25) is 0 Å². The fourth-order valence-electron chi connectivity index (χ4n) is 2.69. The fourth-order valence-corrected chi connectivity index (χ4v) is 5.38. The van der Waals surface area contributed by atoms with E-state index in [0.29, 0.717) is 17.5 Å². The zero-order valence-electron chi connectivity index (χ0n) is 12.2. The highest BCUT2D eigenvalue weighted by Gasteiger charge is 2.30. The van der Waals surface area contributed by atoms with Crippen LogP contribution in [0.3, 0.4) is 0 Å². The van der Waals surface area contributed by atoms with Gasteiger partial charge in [-0.3, -0.25) is 0 Å². The van der Waals surface area contributed by atoms with Gasteiger partial charge < -0.3 is 10.1 Å². The molecule has 0 amide bonds. The second-order valence-electron chi connectivity index (χ2n) is 5.14. The molecule has 0 aliphatic carbocycles. The Kier molecular flexibility index (Phi) is 4.71. The maximum atomic E-state index is 12.1. The fraction of sp³-hybridized carbons (Fsp3) is 0.643. The standard InChI is InChI=1S/C14H19N3O2S2/c1-8-12(21-6-5-20-8)13-16-10-7-15-4-3-9(10)11(17-13)14(18)19-2/h8,12,15H,3-7H2,1-2H3. The molecule has 3 rings (SSSR count). The van der Waals surface area contributed by atoms with Crippen molar-refractivity contribution in [2.45, 2.75) is 30.4 Å². The molecule has 21 heavy (non-hydrogen) atoms. The van der Waals surface area contributed by atoms with Crippen molar-refractivity contribution in [3.8, 4) is 0 Å². The first-order valence-electron chi connectivity index (χ1n) is 7.12. The molecule has 1 saturated heterocycles. The van der Waals surface area contributed by atoms with Gasteiger partial charge in [0.15, 0.2) is 5.69 Å². The van der Waals surface area contributed by atoms with Gasteiger partial charge in [-0.1, -0.05) is 6.92 Å². The smallest absolute Gasteiger partial charge is 0.357 e. The van der Waals surface area contributed by atoms with Crippen LogP contribution >= 0.6 is 23.5 Å². The Hall–Kier alpha value is -0.790. The Morgan fingerprint density at radius 3 is 2.90 bits per heavy atom. The zero-order valence-corrected chi connectivity index (χ0v) is 13.9. The molecule has 0 radical (unpaired) electrons. The number of carbonyl (C=O) groups excluding carboxylic acids is 1. The maximum absolute atomic E-state index is 12.1. The van der Waals surface area contributed by atoms with Gasteiger partial charge in [-0.25, -0.2) is 14.8 Å². The van der Waals surface area contributed by atoms with Crippen LogP contribution in [0.1, 0.15) is 39.7 Å². The monoisotopic (exact) mass is 325 g/mol. The number of ether oxygens (including phenoxy) is 1. The number of methoxy groups -OCH3 is 1. The normalized spacial score (nSPS) is 25.2. The second-order valence-corrected chi connectivity index (χ2v) is 7.88. The average molecular weight is 325 g/mol. The molecule has 1 N–H and O–H groups in total. The third-order valence-electron chi connectivity index (χ3n) is 3.78. The lowest BCUT2D eigenvalue weighted by Gasteiger charge is -2.28. The molecule has 1 aromatic rings. The molecule has 2 atom stereocenters. The Bertz CT molecular complexity index is 553. The number of esters is 1. The van der Waals surface area contributed by atoms with Gasteiger partial charge >= 0.3 is 5.97 Å². The first-order chi connectivity index (χ1) is 10.2. The van der Waals surface area contributed by atoms with Crippen LogP contribution in [0.25, 0.3) is 0 Å². The van der Waals surface area contributed by atoms with E-state index in [1.54, 1.807) is 0 Å². The van der Waals surface area contributed by atoms with E-state index < -0.39 is 0 Å². The molecule has 0 aromatic carbocycles. The van der Waals surface area contributed by atoms with Gasteiger partial charge in [0.1, 0.15) is 5.82 Å². The van der Waals surface area contributed by atoms with E-state index in [1.165, 1.54) is 12.9 Å². The minimum absolute atomic E-state index is 0.249. The van der Waals surface area contributed by atoms with Crippen LogP contribution < -0.4 is 5.32 Å². The molecule has 0 spiro atoms. The molecule has 2 aliphatic rings. The molecule has 2 unspecified atom stereocenters. The molecule has 114 valence electrons. The first-order valence-corrected chi connectivity index (χ1v) is 9.22. The van der Waals surface area contributed by atoms with E-state index >= 15 is 0 Å². The predicted molar refractivity (Wildman–Crippen MR) is 85.9 cm³/mol. The molecule has 3 heterocycles. The average Bonchev–Trinajstić information content (AvgIpc) is 2.53. The molecule has 0 bridgehead atoms. The summed E-state index contributed by atoms with van der Waals surface area (Å²) in [6.07, 6.45) is 0.780. The van der Waals surface area contributed by atoms with Crippen LogP contribution in [0.4, 0.5) is 0 Å². The number of hydrogen-bond acceptors (Lipinski definition) is 7. The van der Waals surface area contributed by atoms with Gasteiger partial charge in [-0.15, -0.1) is 11.8 Å². The summed E-state index contributed by atoms with van der Waals surface area (Å²) in [5, 5.41) is 4.02. The number of thioether (sulfide) groups is 2. The van der Waals surface area contributed by atoms with E-state index in [2.05, 4.69) is 17.2 Å². The maximum Gasteiger partial charge on any atom is 0.357 e. The number of nitrogens with one attached hydrogen (secondary N) is 1. The van der Waals surface area contributed by atoms with Crippen molar-refractivity contribution >= 4 is 29.5 Å². The lowest BCUT2D eigenvalue weighted by Crippen LogP contribution is -2.30. The lowest BCUT2D eigenvalue weighted by molar-refractivity contribution is 0.0591. The minimum Gasteiger partial charge on any atom is -0.464 e. The Labute approximate surface area is 133 Å². The topological polar surface area (TPSA) is 64.1 Å². The molecular weight excluding hydrogens is 306 g/mol. The van der Waals surface area contributed by atoms with Crippen molar-refractivity contribution in [2.24, 2.45) is 0 Å². The number of hydrogen-bond donors (Lipinski definition) is 1. The summed E-state index contributed by atoms with van der Waals surface area (Å²) >= 11 is 3.83. The van der Waals surface area contributed by atoms with Gasteiger partial charge in [0, 0.05) is 28.9 Å². The zero-order chi connectivity index (χ0) is 14.8. The Morgan fingerprint density at radius 2 is 2.14 bits per heavy atom. The van der Waals surface area contributed by atoms with Crippen molar-refractivity contribution < 1.29 is 9.53 Å². The third kappa shape index (κ3) is 3.05. The quantitative estimate of drug-likeness (QED) is 0.832. The van der Waals surface area contributed by atoms with Crippen molar-refractivity contribution in [1.29, 1.82) is 0 Å². The van der Waals surface area contributed by atoms with Crippen LogP contribution in [0.5, 0.6) is 0 Å². The van der Waals surface area contributed by atoms with Gasteiger partial charge in [0.25, 0.3) is 0 Å². The summed E-state index contributed by atoms with van der Waals surface area (Å²) in [6.45, 7) is 3.76. The minimum atomic E-state index is -0.349. The van der Waals surface area contributed by atoms with Crippen LogP contribution in [0.15, 0.2) is 0 Å². The van der Waals surface area contributed by atoms with E-state index in [9.17, 15) is 4.79 Å². The van der Waals surface area contributed by atoms with E-state index in [-0.39, 0.29) is 11.2 Å². The highest BCUT2D eigenvalue weighted by Crippen LogP contribution is 2.41. The van der Waals surface area contributed by atoms with Gasteiger partial charge in [-0.05, 0) is 13.0 Å². The van der Waals surface area contributed by atoms with Crippen molar-refractivity contribution in [1.82, 2.24) is 15.3 Å². The van der Waals surface area contributed by atoms with Gasteiger partial charge in [-0.2, -0.15) is 11.8 Å². The van der Waals surface area contributed by atoms with Crippen molar-refractivity contribution in [2.75, 3.05) is 25.2 Å². The largest absolute Gasteiger partial charge is 0.464 e. The lowest BCUT2D eigenvalue weighted by atomic mass is 10.0. The van der Waals surface area contributed by atoms with Crippen LogP contribution in [0, 0.1) is 0 Å². The molecule has 0 saturated carbocycles. The number of aromatic nitrogens is 2. The molecule has 1 aromatic heterocycles. The molecule has 5 nitrogen and oxygen atoms in total. The molecule has 7 heteroatoms. The summed E-state index contributed by atoms with van der Waals surface area (Å²) < 4.78 is 4.91. The molecular formula is C14H19N3O2S2. The van der Waals surface area contributed by atoms with Crippen LogP contribution in [-0.4, -0.2) is 46.3 Å².